The summed E-state index contributed by atoms with van der Waals surface area (Å²) in [5.41, 5.74) is 0.740. The Morgan fingerprint density at radius 2 is 2.14 bits per heavy atom. The first kappa shape index (κ1) is 11.2. The van der Waals surface area contributed by atoms with E-state index in [-0.39, 0.29) is 0 Å². The Hall–Kier alpha value is -0.830. The average molecular weight is 213 g/mol. The minimum absolute atomic E-state index is 0.636. The Labute approximate surface area is 88.7 Å². The molecule has 1 aromatic rings. The average Bonchev–Trinajstić information content (AvgIpc) is 2.16. The summed E-state index contributed by atoms with van der Waals surface area (Å²) in [5, 5.41) is 9.34. The summed E-state index contributed by atoms with van der Waals surface area (Å²) in [6, 6.07) is 7.26. The third-order valence-electron chi connectivity index (χ3n) is 2.13. The van der Waals surface area contributed by atoms with Crippen LogP contribution in [0.15, 0.2) is 30.8 Å². The van der Waals surface area contributed by atoms with E-state index >= 15 is 0 Å². The first-order chi connectivity index (χ1) is 6.47. The second-order valence-electron chi connectivity index (χ2n) is 3.59. The van der Waals surface area contributed by atoms with Crippen molar-refractivity contribution < 1.29 is 10.1 Å². The highest BCUT2D eigenvalue weighted by Gasteiger charge is 2.23. The van der Waals surface area contributed by atoms with Gasteiger partial charge in [-0.3, -0.25) is 5.26 Å². The quantitative estimate of drug-likeness (QED) is 0.613. The van der Waals surface area contributed by atoms with Gasteiger partial charge in [0.1, 0.15) is 5.60 Å². The molecule has 2 nitrogen and oxygen atoms in total. The molecule has 0 atom stereocenters. The molecule has 1 aromatic carbocycles. The molecule has 14 heavy (non-hydrogen) atoms. The van der Waals surface area contributed by atoms with Crippen molar-refractivity contribution in [2.24, 2.45) is 0 Å². The van der Waals surface area contributed by atoms with Crippen LogP contribution >= 0.6 is 11.6 Å². The number of hydrogen-bond acceptors (Lipinski definition) is 2. The Balaban J connectivity index is 3.01. The molecule has 0 amide bonds. The zero-order valence-corrected chi connectivity index (χ0v) is 9.01. The molecule has 1 N–H and O–H groups in total. The van der Waals surface area contributed by atoms with Gasteiger partial charge < -0.3 is 0 Å². The largest absolute Gasteiger partial charge is 0.251 e. The first-order valence-corrected chi connectivity index (χ1v) is 4.63. The fraction of sp³-hybridized carbons (Fsp3) is 0.273. The van der Waals surface area contributed by atoms with Crippen LogP contribution in [0.4, 0.5) is 0 Å². The van der Waals surface area contributed by atoms with Crippen molar-refractivity contribution in [2.45, 2.75) is 19.4 Å². The van der Waals surface area contributed by atoms with Crippen molar-refractivity contribution in [2.75, 3.05) is 0 Å². The highest BCUT2D eigenvalue weighted by Crippen LogP contribution is 2.28. The van der Waals surface area contributed by atoms with Crippen molar-refractivity contribution in [1.29, 1.82) is 0 Å². The zero-order chi connectivity index (χ0) is 10.8. The van der Waals surface area contributed by atoms with E-state index in [1.807, 2.05) is 12.1 Å². The maximum atomic E-state index is 8.70. The summed E-state index contributed by atoms with van der Waals surface area (Å²) in [6.07, 6.45) is 0. The molecule has 0 saturated heterocycles. The highest BCUT2D eigenvalue weighted by atomic mass is 35.5. The first-order valence-electron chi connectivity index (χ1n) is 4.25. The molecule has 0 unspecified atom stereocenters. The van der Waals surface area contributed by atoms with E-state index in [1.54, 1.807) is 26.0 Å². The summed E-state index contributed by atoms with van der Waals surface area (Å²) in [4.78, 5) is 4.35. The van der Waals surface area contributed by atoms with Crippen LogP contribution in [0, 0.1) is 0 Å². The van der Waals surface area contributed by atoms with Gasteiger partial charge in [0, 0.05) is 5.02 Å². The van der Waals surface area contributed by atoms with Crippen LogP contribution in [0.3, 0.4) is 0 Å². The zero-order valence-electron chi connectivity index (χ0n) is 8.25. The molecule has 0 aliphatic heterocycles. The fourth-order valence-corrected chi connectivity index (χ4v) is 1.27. The normalized spacial score (nSPS) is 11.4. The molecule has 76 valence electrons. The third kappa shape index (κ3) is 2.35. The van der Waals surface area contributed by atoms with E-state index < -0.39 is 5.60 Å². The highest BCUT2D eigenvalue weighted by molar-refractivity contribution is 6.30. The molecule has 0 aliphatic carbocycles. The van der Waals surface area contributed by atoms with Crippen LogP contribution in [0.2, 0.25) is 5.02 Å². The number of benzene rings is 1. The van der Waals surface area contributed by atoms with Crippen molar-refractivity contribution in [3.05, 3.63) is 41.4 Å². The third-order valence-corrected chi connectivity index (χ3v) is 2.36. The van der Waals surface area contributed by atoms with Crippen LogP contribution in [-0.4, -0.2) is 10.9 Å². The second-order valence-corrected chi connectivity index (χ2v) is 4.03. The summed E-state index contributed by atoms with van der Waals surface area (Å²) in [7, 11) is 0. The van der Waals surface area contributed by atoms with E-state index in [4.69, 9.17) is 16.9 Å². The van der Waals surface area contributed by atoms with Crippen molar-refractivity contribution >= 4 is 17.2 Å². The predicted octanol–water partition coefficient (Wildman–Crippen LogP) is 3.62. The number of halogens is 1. The van der Waals surface area contributed by atoms with Crippen LogP contribution < -0.4 is 0 Å². The van der Waals surface area contributed by atoms with Crippen molar-refractivity contribution in [1.82, 2.24) is 0 Å². The molecule has 0 radical (unpaired) electrons. The molecular weight excluding hydrogens is 200 g/mol. The van der Waals surface area contributed by atoms with E-state index in [0.717, 1.165) is 5.56 Å². The lowest BCUT2D eigenvalue weighted by Gasteiger charge is -2.23. The molecule has 0 saturated carbocycles. The van der Waals surface area contributed by atoms with Crippen molar-refractivity contribution in [3.63, 3.8) is 0 Å². The van der Waals surface area contributed by atoms with Crippen LogP contribution in [-0.2, 0) is 4.89 Å². The van der Waals surface area contributed by atoms with Gasteiger partial charge in [0.15, 0.2) is 0 Å². The fourth-order valence-electron chi connectivity index (χ4n) is 1.08. The molecule has 0 aliphatic rings. The minimum Gasteiger partial charge on any atom is -0.251 e. The van der Waals surface area contributed by atoms with Gasteiger partial charge in [-0.2, -0.15) is 0 Å². The Morgan fingerprint density at radius 3 is 2.64 bits per heavy atom. The van der Waals surface area contributed by atoms with Gasteiger partial charge in [0.25, 0.3) is 0 Å². The lowest BCUT2D eigenvalue weighted by atomic mass is 9.93. The SMILES string of the molecule is C=C(c1cccc(Cl)c1)C(C)(C)OO. The summed E-state index contributed by atoms with van der Waals surface area (Å²) in [5.74, 6) is 0. The molecule has 0 spiro atoms. The van der Waals surface area contributed by atoms with Crippen molar-refractivity contribution in [3.8, 4) is 0 Å². The molecule has 3 heteroatoms. The minimum atomic E-state index is -0.801. The van der Waals surface area contributed by atoms with Gasteiger partial charge >= 0.3 is 0 Å². The van der Waals surface area contributed by atoms with Gasteiger partial charge in [-0.25, -0.2) is 4.89 Å². The molecule has 0 aromatic heterocycles. The smallest absolute Gasteiger partial charge is 0.123 e. The Bertz CT molecular complexity index is 345. The molecule has 0 heterocycles. The molecule has 0 bridgehead atoms. The van der Waals surface area contributed by atoms with Gasteiger partial charge in [-0.1, -0.05) is 30.3 Å². The summed E-state index contributed by atoms with van der Waals surface area (Å²) in [6.45, 7) is 7.33. The second kappa shape index (κ2) is 4.13. The van der Waals surface area contributed by atoms with E-state index in [1.165, 1.54) is 0 Å². The topological polar surface area (TPSA) is 29.5 Å². The summed E-state index contributed by atoms with van der Waals surface area (Å²) >= 11 is 5.84. The van der Waals surface area contributed by atoms with E-state index in [2.05, 4.69) is 11.5 Å². The lowest BCUT2D eigenvalue weighted by molar-refractivity contribution is -0.293. The summed E-state index contributed by atoms with van der Waals surface area (Å²) < 4.78 is 0. The lowest BCUT2D eigenvalue weighted by Crippen LogP contribution is -2.23. The van der Waals surface area contributed by atoms with Crippen LogP contribution in [0.25, 0.3) is 5.57 Å². The van der Waals surface area contributed by atoms with Gasteiger partial charge in [-0.15, -0.1) is 0 Å². The number of rotatable bonds is 3. The molecule has 1 rings (SSSR count). The van der Waals surface area contributed by atoms with Gasteiger partial charge in [0.05, 0.1) is 0 Å². The van der Waals surface area contributed by atoms with Gasteiger partial charge in [0.2, 0.25) is 0 Å². The molecular formula is C11H13ClO2. The van der Waals surface area contributed by atoms with Gasteiger partial charge in [-0.05, 0) is 37.1 Å². The Kier molecular flexibility index (Phi) is 3.32. The van der Waals surface area contributed by atoms with Crippen LogP contribution in [0.1, 0.15) is 19.4 Å². The number of hydrogen-bond donors (Lipinski definition) is 1. The predicted molar refractivity (Wildman–Crippen MR) is 58.3 cm³/mol. The maximum Gasteiger partial charge on any atom is 0.123 e. The van der Waals surface area contributed by atoms with E-state index in [0.29, 0.717) is 10.6 Å². The maximum absolute atomic E-state index is 8.70. The standard InChI is InChI=1S/C11H13ClO2/c1-8(11(2,3)14-13)9-5-4-6-10(12)7-9/h4-7,13H,1H2,2-3H3. The van der Waals surface area contributed by atoms with Crippen LogP contribution in [0.5, 0.6) is 0 Å². The Morgan fingerprint density at radius 1 is 1.50 bits per heavy atom. The monoisotopic (exact) mass is 212 g/mol. The molecule has 0 fully saturated rings. The van der Waals surface area contributed by atoms with E-state index in [9.17, 15) is 0 Å².